The van der Waals surface area contributed by atoms with Crippen molar-refractivity contribution >= 4 is 5.91 Å². The fraction of sp³-hybridized carbons (Fsp3) is 0.562. The first-order valence-corrected chi connectivity index (χ1v) is 7.28. The number of carbonyl (C=O) groups excluding carboxylic acids is 1. The van der Waals surface area contributed by atoms with Crippen LogP contribution in [-0.2, 0) is 11.3 Å². The molecule has 1 rings (SSSR count). The van der Waals surface area contributed by atoms with E-state index in [1.54, 1.807) is 6.92 Å². The van der Waals surface area contributed by atoms with Crippen LogP contribution in [0.2, 0.25) is 0 Å². The molecule has 4 nitrogen and oxygen atoms in total. The van der Waals surface area contributed by atoms with Gasteiger partial charge in [0, 0.05) is 18.2 Å². The van der Waals surface area contributed by atoms with Crippen LogP contribution in [-0.4, -0.2) is 18.1 Å². The summed E-state index contributed by atoms with van der Waals surface area (Å²) in [7, 11) is 0. The molecule has 0 spiro atoms. The lowest BCUT2D eigenvalue weighted by Crippen LogP contribution is -2.42. The van der Waals surface area contributed by atoms with Crippen LogP contribution in [0, 0.1) is 6.92 Å². The van der Waals surface area contributed by atoms with Gasteiger partial charge in [-0.1, -0.05) is 31.5 Å². The number of hydrogen-bond donors (Lipinski definition) is 2. The van der Waals surface area contributed by atoms with Gasteiger partial charge < -0.3 is 15.8 Å². The molecule has 3 N–H and O–H groups in total. The Bertz CT molecular complexity index is 442. The van der Waals surface area contributed by atoms with E-state index in [0.717, 1.165) is 24.0 Å². The van der Waals surface area contributed by atoms with E-state index in [4.69, 9.17) is 10.5 Å². The molecule has 1 aromatic rings. The van der Waals surface area contributed by atoms with E-state index < -0.39 is 6.10 Å². The monoisotopic (exact) mass is 278 g/mol. The zero-order chi connectivity index (χ0) is 15.1. The minimum Gasteiger partial charge on any atom is -0.481 e. The zero-order valence-electron chi connectivity index (χ0n) is 12.9. The van der Waals surface area contributed by atoms with Gasteiger partial charge in [0.25, 0.3) is 5.91 Å². The molecule has 1 unspecified atom stereocenters. The Hall–Kier alpha value is -1.55. The van der Waals surface area contributed by atoms with Crippen LogP contribution in [0.3, 0.4) is 0 Å². The molecule has 0 heterocycles. The Morgan fingerprint density at radius 1 is 1.35 bits per heavy atom. The third-order valence-electron chi connectivity index (χ3n) is 3.44. The fourth-order valence-electron chi connectivity index (χ4n) is 2.04. The molecule has 0 bridgehead atoms. The molecule has 0 aliphatic rings. The van der Waals surface area contributed by atoms with Gasteiger partial charge in [-0.2, -0.15) is 0 Å². The third-order valence-corrected chi connectivity index (χ3v) is 3.44. The van der Waals surface area contributed by atoms with Crippen LogP contribution in [0.25, 0.3) is 0 Å². The van der Waals surface area contributed by atoms with Crippen LogP contribution in [0.5, 0.6) is 5.75 Å². The number of ether oxygens (including phenoxy) is 1. The van der Waals surface area contributed by atoms with Gasteiger partial charge in [0.1, 0.15) is 5.75 Å². The largest absolute Gasteiger partial charge is 0.481 e. The highest BCUT2D eigenvalue weighted by molar-refractivity contribution is 5.81. The first kappa shape index (κ1) is 16.5. The summed E-state index contributed by atoms with van der Waals surface area (Å²) in [5, 5.41) is 2.99. The van der Waals surface area contributed by atoms with Gasteiger partial charge in [-0.3, -0.25) is 4.79 Å². The van der Waals surface area contributed by atoms with Crippen molar-refractivity contribution in [1.29, 1.82) is 0 Å². The van der Waals surface area contributed by atoms with Gasteiger partial charge in [-0.05, 0) is 32.8 Å². The van der Waals surface area contributed by atoms with Crippen molar-refractivity contribution in [3.63, 3.8) is 0 Å². The maximum atomic E-state index is 12.1. The molecule has 20 heavy (non-hydrogen) atoms. The van der Waals surface area contributed by atoms with E-state index >= 15 is 0 Å². The third kappa shape index (κ3) is 4.53. The Balaban J connectivity index is 2.70. The number of aryl methyl sites for hydroxylation is 1. The van der Waals surface area contributed by atoms with Crippen molar-refractivity contribution in [2.24, 2.45) is 5.73 Å². The van der Waals surface area contributed by atoms with Gasteiger partial charge in [-0.25, -0.2) is 0 Å². The minimum absolute atomic E-state index is 0.0813. The first-order chi connectivity index (χ1) is 9.51. The lowest BCUT2D eigenvalue weighted by molar-refractivity contribution is -0.128. The molecule has 112 valence electrons. The van der Waals surface area contributed by atoms with E-state index in [9.17, 15) is 4.79 Å². The van der Waals surface area contributed by atoms with Crippen molar-refractivity contribution in [1.82, 2.24) is 5.32 Å². The van der Waals surface area contributed by atoms with Crippen LogP contribution in [0.1, 0.15) is 44.7 Å². The summed E-state index contributed by atoms with van der Waals surface area (Å²) in [6.07, 6.45) is 1.32. The predicted molar refractivity (Wildman–Crippen MR) is 81.7 cm³/mol. The molecule has 0 aliphatic carbocycles. The van der Waals surface area contributed by atoms with E-state index in [2.05, 4.69) is 19.2 Å². The van der Waals surface area contributed by atoms with Crippen molar-refractivity contribution < 1.29 is 9.53 Å². The Morgan fingerprint density at radius 3 is 2.55 bits per heavy atom. The van der Waals surface area contributed by atoms with Crippen molar-refractivity contribution in [2.45, 2.75) is 59.2 Å². The second kappa shape index (κ2) is 7.90. The lowest BCUT2D eigenvalue weighted by atomic mass is 10.1. The molecule has 0 aliphatic heterocycles. The smallest absolute Gasteiger partial charge is 0.260 e. The summed E-state index contributed by atoms with van der Waals surface area (Å²) < 4.78 is 5.75. The second-order valence-corrected chi connectivity index (χ2v) is 5.10. The summed E-state index contributed by atoms with van der Waals surface area (Å²) in [6.45, 7) is 8.29. The second-order valence-electron chi connectivity index (χ2n) is 5.10. The number of nitrogens with two attached hydrogens (primary N) is 1. The van der Waals surface area contributed by atoms with E-state index in [0.29, 0.717) is 12.3 Å². The molecule has 1 amide bonds. The molecule has 1 aromatic carbocycles. The van der Waals surface area contributed by atoms with Crippen LogP contribution in [0.4, 0.5) is 0 Å². The number of hydrogen-bond acceptors (Lipinski definition) is 3. The highest BCUT2D eigenvalue weighted by atomic mass is 16.5. The Kier molecular flexibility index (Phi) is 6.52. The fourth-order valence-corrected chi connectivity index (χ4v) is 2.04. The maximum Gasteiger partial charge on any atom is 0.260 e. The summed E-state index contributed by atoms with van der Waals surface area (Å²) in [5.74, 6) is 0.604. The minimum atomic E-state index is -0.524. The quantitative estimate of drug-likeness (QED) is 0.805. The van der Waals surface area contributed by atoms with Crippen LogP contribution < -0.4 is 15.8 Å². The van der Waals surface area contributed by atoms with Crippen LogP contribution >= 0.6 is 0 Å². The Labute approximate surface area is 121 Å². The first-order valence-electron chi connectivity index (χ1n) is 7.28. The average Bonchev–Trinajstić information content (AvgIpc) is 2.45. The highest BCUT2D eigenvalue weighted by Gasteiger charge is 2.18. The molecule has 1 atom stereocenters. The lowest BCUT2D eigenvalue weighted by Gasteiger charge is -2.20. The van der Waals surface area contributed by atoms with E-state index in [1.807, 2.05) is 25.1 Å². The number of amides is 1. The predicted octanol–water partition coefficient (Wildman–Crippen LogP) is 2.53. The van der Waals surface area contributed by atoms with Gasteiger partial charge in [0.05, 0.1) is 0 Å². The summed E-state index contributed by atoms with van der Waals surface area (Å²) in [5.41, 5.74) is 7.77. The summed E-state index contributed by atoms with van der Waals surface area (Å²) in [6, 6.07) is 6.03. The van der Waals surface area contributed by atoms with Crippen LogP contribution in [0.15, 0.2) is 18.2 Å². The molecule has 0 aromatic heterocycles. The normalized spacial score (nSPS) is 12.3. The van der Waals surface area contributed by atoms with E-state index in [-0.39, 0.29) is 11.9 Å². The van der Waals surface area contributed by atoms with Gasteiger partial charge in [0.2, 0.25) is 0 Å². The molecular formula is C16H26N2O2. The molecule has 0 radical (unpaired) electrons. The molecular weight excluding hydrogens is 252 g/mol. The number of benzene rings is 1. The average molecular weight is 278 g/mol. The topological polar surface area (TPSA) is 64.3 Å². The zero-order valence-corrected chi connectivity index (χ0v) is 12.9. The SMILES string of the molecule is CCC(CC)NC(=O)C(C)Oc1ccc(C)cc1CN. The van der Waals surface area contributed by atoms with Crippen molar-refractivity contribution in [2.75, 3.05) is 0 Å². The molecule has 0 saturated carbocycles. The maximum absolute atomic E-state index is 12.1. The molecule has 4 heteroatoms. The Morgan fingerprint density at radius 2 is 2.00 bits per heavy atom. The summed E-state index contributed by atoms with van der Waals surface area (Å²) >= 11 is 0. The van der Waals surface area contributed by atoms with Gasteiger partial charge >= 0.3 is 0 Å². The van der Waals surface area contributed by atoms with E-state index in [1.165, 1.54) is 0 Å². The van der Waals surface area contributed by atoms with Crippen molar-refractivity contribution in [3.8, 4) is 5.75 Å². The standard InChI is InChI=1S/C16H26N2O2/c1-5-14(6-2)18-16(19)12(4)20-15-8-7-11(3)9-13(15)10-17/h7-9,12,14H,5-6,10,17H2,1-4H3,(H,18,19). The van der Waals surface area contributed by atoms with Crippen molar-refractivity contribution in [3.05, 3.63) is 29.3 Å². The van der Waals surface area contributed by atoms with Gasteiger partial charge in [0.15, 0.2) is 6.10 Å². The highest BCUT2D eigenvalue weighted by Crippen LogP contribution is 2.20. The molecule has 0 saturated heterocycles. The summed E-state index contributed by atoms with van der Waals surface area (Å²) in [4.78, 5) is 12.1. The number of rotatable bonds is 7. The number of carbonyl (C=O) groups is 1. The number of nitrogens with one attached hydrogen (secondary N) is 1. The molecule has 0 fully saturated rings. The van der Waals surface area contributed by atoms with Gasteiger partial charge in [-0.15, -0.1) is 0 Å².